The van der Waals surface area contributed by atoms with E-state index in [1.807, 2.05) is 0 Å². The Kier molecular flexibility index (Phi) is 10.3. The van der Waals surface area contributed by atoms with Crippen molar-refractivity contribution in [2.24, 2.45) is 11.5 Å². The number of unbranched alkanes of at least 4 members (excludes halogenated alkanes) is 1. The van der Waals surface area contributed by atoms with Crippen LogP contribution in [0.4, 0.5) is 0 Å². The van der Waals surface area contributed by atoms with Gasteiger partial charge in [-0.25, -0.2) is 0 Å². The molecular formula is C12H24N2O2. The molecule has 0 rings (SSSR count). The standard InChI is InChI=1S/C12H24N2O2/c13-9-3-7-11(15)5-1-2-6-12(16)8-4-10-14/h1-10,13-14H2. The number of hydrogen-bond donors (Lipinski definition) is 2. The van der Waals surface area contributed by atoms with Crippen molar-refractivity contribution in [3.05, 3.63) is 0 Å². The highest BCUT2D eigenvalue weighted by molar-refractivity contribution is 5.79. The van der Waals surface area contributed by atoms with Crippen LogP contribution in [0.2, 0.25) is 0 Å². The Bertz CT molecular complexity index is 183. The molecule has 0 radical (unpaired) electrons. The first-order valence-electron chi connectivity index (χ1n) is 6.14. The van der Waals surface area contributed by atoms with Crippen LogP contribution in [0.1, 0.15) is 51.4 Å². The molecule has 4 heteroatoms. The fourth-order valence-electron chi connectivity index (χ4n) is 1.49. The molecule has 94 valence electrons. The zero-order chi connectivity index (χ0) is 12.2. The van der Waals surface area contributed by atoms with E-state index in [-0.39, 0.29) is 11.6 Å². The van der Waals surface area contributed by atoms with Gasteiger partial charge in [-0.05, 0) is 38.8 Å². The van der Waals surface area contributed by atoms with Crippen LogP contribution >= 0.6 is 0 Å². The Morgan fingerprint density at radius 2 is 0.938 bits per heavy atom. The molecule has 16 heavy (non-hydrogen) atoms. The second kappa shape index (κ2) is 10.8. The molecule has 0 saturated carbocycles. The highest BCUT2D eigenvalue weighted by atomic mass is 16.1. The molecule has 0 aromatic rings. The van der Waals surface area contributed by atoms with Gasteiger partial charge in [0.1, 0.15) is 11.6 Å². The molecule has 4 N–H and O–H groups in total. The summed E-state index contributed by atoms with van der Waals surface area (Å²) in [5, 5.41) is 0. The molecule has 0 aliphatic heterocycles. The number of rotatable bonds is 11. The van der Waals surface area contributed by atoms with E-state index >= 15 is 0 Å². The summed E-state index contributed by atoms with van der Waals surface area (Å²) in [6, 6.07) is 0. The number of carbonyl (C=O) groups is 2. The van der Waals surface area contributed by atoms with Crippen LogP contribution in [0.3, 0.4) is 0 Å². The summed E-state index contributed by atoms with van der Waals surface area (Å²) in [6.45, 7) is 1.15. The number of ketones is 2. The molecule has 0 saturated heterocycles. The van der Waals surface area contributed by atoms with E-state index < -0.39 is 0 Å². The molecule has 4 nitrogen and oxygen atoms in total. The SMILES string of the molecule is NCCCC(=O)CCCCC(=O)CCCN. The van der Waals surface area contributed by atoms with E-state index in [1.165, 1.54) is 0 Å². The summed E-state index contributed by atoms with van der Waals surface area (Å²) in [5.41, 5.74) is 10.6. The summed E-state index contributed by atoms with van der Waals surface area (Å²) in [4.78, 5) is 22.5. The highest BCUT2D eigenvalue weighted by Crippen LogP contribution is 2.06. The molecule has 0 unspecified atom stereocenters. The Labute approximate surface area is 97.8 Å². The minimum absolute atomic E-state index is 0.264. The Morgan fingerprint density at radius 1 is 0.625 bits per heavy atom. The molecule has 0 spiro atoms. The van der Waals surface area contributed by atoms with Crippen molar-refractivity contribution in [1.82, 2.24) is 0 Å². The minimum atomic E-state index is 0.264. The molecule has 0 aliphatic carbocycles. The lowest BCUT2D eigenvalue weighted by Gasteiger charge is -2.01. The quantitative estimate of drug-likeness (QED) is 0.520. The summed E-state index contributed by atoms with van der Waals surface area (Å²) in [6.07, 6.45) is 5.52. The largest absolute Gasteiger partial charge is 0.330 e. The summed E-state index contributed by atoms with van der Waals surface area (Å²) < 4.78 is 0. The van der Waals surface area contributed by atoms with Crippen molar-refractivity contribution in [3.63, 3.8) is 0 Å². The molecule has 0 aromatic heterocycles. The predicted molar refractivity (Wildman–Crippen MR) is 65.1 cm³/mol. The van der Waals surface area contributed by atoms with Gasteiger partial charge in [-0.3, -0.25) is 9.59 Å². The van der Waals surface area contributed by atoms with Crippen LogP contribution in [0.25, 0.3) is 0 Å². The van der Waals surface area contributed by atoms with Crippen LogP contribution in [0, 0.1) is 0 Å². The summed E-state index contributed by atoms with van der Waals surface area (Å²) in [5.74, 6) is 0.528. The van der Waals surface area contributed by atoms with Gasteiger partial charge in [0.15, 0.2) is 0 Å². The van der Waals surface area contributed by atoms with Crippen molar-refractivity contribution in [2.75, 3.05) is 13.1 Å². The van der Waals surface area contributed by atoms with Crippen molar-refractivity contribution in [2.45, 2.75) is 51.4 Å². The topological polar surface area (TPSA) is 86.2 Å². The maximum atomic E-state index is 11.3. The van der Waals surface area contributed by atoms with E-state index in [0.29, 0.717) is 38.8 Å². The van der Waals surface area contributed by atoms with Gasteiger partial charge in [-0.2, -0.15) is 0 Å². The number of Topliss-reactive ketones (excluding diaryl/α,β-unsaturated/α-hetero) is 2. The van der Waals surface area contributed by atoms with Crippen molar-refractivity contribution in [3.8, 4) is 0 Å². The second-order valence-corrected chi connectivity index (χ2v) is 4.07. The van der Waals surface area contributed by atoms with E-state index in [0.717, 1.165) is 25.7 Å². The van der Waals surface area contributed by atoms with Gasteiger partial charge in [-0.15, -0.1) is 0 Å². The normalized spacial score (nSPS) is 10.4. The second-order valence-electron chi connectivity index (χ2n) is 4.07. The average molecular weight is 228 g/mol. The van der Waals surface area contributed by atoms with Gasteiger partial charge < -0.3 is 11.5 Å². The molecule has 0 aliphatic rings. The molecule has 0 bridgehead atoms. The molecule has 0 aromatic carbocycles. The number of hydrogen-bond acceptors (Lipinski definition) is 4. The Hall–Kier alpha value is -0.740. The lowest BCUT2D eigenvalue weighted by atomic mass is 10.0. The van der Waals surface area contributed by atoms with E-state index in [9.17, 15) is 9.59 Å². The minimum Gasteiger partial charge on any atom is -0.330 e. The zero-order valence-corrected chi connectivity index (χ0v) is 10.0. The van der Waals surface area contributed by atoms with Gasteiger partial charge in [0, 0.05) is 25.7 Å². The van der Waals surface area contributed by atoms with Gasteiger partial charge in [0.25, 0.3) is 0 Å². The lowest BCUT2D eigenvalue weighted by Crippen LogP contribution is -2.06. The van der Waals surface area contributed by atoms with Crippen LogP contribution in [0.5, 0.6) is 0 Å². The average Bonchev–Trinajstić information content (AvgIpc) is 2.29. The third kappa shape index (κ3) is 9.80. The smallest absolute Gasteiger partial charge is 0.132 e. The van der Waals surface area contributed by atoms with Crippen LogP contribution in [0.15, 0.2) is 0 Å². The molecule has 0 fully saturated rings. The molecule has 0 atom stereocenters. The fourth-order valence-corrected chi connectivity index (χ4v) is 1.49. The summed E-state index contributed by atoms with van der Waals surface area (Å²) in [7, 11) is 0. The van der Waals surface area contributed by atoms with Gasteiger partial charge in [0.2, 0.25) is 0 Å². The molecule has 0 heterocycles. The maximum Gasteiger partial charge on any atom is 0.132 e. The van der Waals surface area contributed by atoms with Gasteiger partial charge in [0.05, 0.1) is 0 Å². The van der Waals surface area contributed by atoms with E-state index in [1.54, 1.807) is 0 Å². The number of carbonyl (C=O) groups excluding carboxylic acids is 2. The molecule has 0 amide bonds. The molecular weight excluding hydrogens is 204 g/mol. The van der Waals surface area contributed by atoms with E-state index in [4.69, 9.17) is 11.5 Å². The van der Waals surface area contributed by atoms with E-state index in [2.05, 4.69) is 0 Å². The van der Waals surface area contributed by atoms with Crippen LogP contribution < -0.4 is 11.5 Å². The Morgan fingerprint density at radius 3 is 1.25 bits per heavy atom. The van der Waals surface area contributed by atoms with Crippen molar-refractivity contribution >= 4 is 11.6 Å². The lowest BCUT2D eigenvalue weighted by molar-refractivity contribution is -0.121. The highest BCUT2D eigenvalue weighted by Gasteiger charge is 2.03. The third-order valence-corrected chi connectivity index (χ3v) is 2.48. The monoisotopic (exact) mass is 228 g/mol. The first kappa shape index (κ1) is 15.3. The first-order chi connectivity index (χ1) is 7.70. The zero-order valence-electron chi connectivity index (χ0n) is 10.0. The first-order valence-corrected chi connectivity index (χ1v) is 6.14. The van der Waals surface area contributed by atoms with Crippen LogP contribution in [-0.2, 0) is 9.59 Å². The number of nitrogens with two attached hydrogens (primary N) is 2. The van der Waals surface area contributed by atoms with Gasteiger partial charge >= 0.3 is 0 Å². The summed E-state index contributed by atoms with van der Waals surface area (Å²) >= 11 is 0. The van der Waals surface area contributed by atoms with Crippen molar-refractivity contribution < 1.29 is 9.59 Å². The maximum absolute atomic E-state index is 11.3. The van der Waals surface area contributed by atoms with Crippen molar-refractivity contribution in [1.29, 1.82) is 0 Å². The fraction of sp³-hybridized carbons (Fsp3) is 0.833. The van der Waals surface area contributed by atoms with Gasteiger partial charge in [-0.1, -0.05) is 0 Å². The van der Waals surface area contributed by atoms with Crippen LogP contribution in [-0.4, -0.2) is 24.7 Å². The predicted octanol–water partition coefficient (Wildman–Crippen LogP) is 1.16. The third-order valence-electron chi connectivity index (χ3n) is 2.48. The Balaban J connectivity index is 3.31.